The first-order valence-corrected chi connectivity index (χ1v) is 5.79. The van der Waals surface area contributed by atoms with Gasteiger partial charge in [0.05, 0.1) is 6.61 Å². The van der Waals surface area contributed by atoms with Crippen molar-refractivity contribution in [2.45, 2.75) is 32.7 Å². The van der Waals surface area contributed by atoms with Crippen molar-refractivity contribution in [3.63, 3.8) is 0 Å². The molecule has 0 saturated carbocycles. The highest BCUT2D eigenvalue weighted by Crippen LogP contribution is 2.27. The van der Waals surface area contributed by atoms with Gasteiger partial charge in [-0.2, -0.15) is 0 Å². The molecule has 0 unspecified atom stereocenters. The van der Waals surface area contributed by atoms with Gasteiger partial charge in [-0.05, 0) is 44.5 Å². The van der Waals surface area contributed by atoms with Crippen LogP contribution in [0.25, 0.3) is 0 Å². The molecule has 92 valence electrons. The van der Waals surface area contributed by atoms with Gasteiger partial charge in [0, 0.05) is 17.6 Å². The molecule has 17 heavy (non-hydrogen) atoms. The van der Waals surface area contributed by atoms with Crippen molar-refractivity contribution in [3.8, 4) is 5.75 Å². The summed E-state index contributed by atoms with van der Waals surface area (Å²) in [6, 6.07) is 5.53. The lowest BCUT2D eigenvalue weighted by atomic mass is 10.1. The molecule has 0 fully saturated rings. The second-order valence-electron chi connectivity index (χ2n) is 5.25. The average Bonchev–Trinajstić information content (AvgIpc) is 2.61. The van der Waals surface area contributed by atoms with E-state index in [0.29, 0.717) is 0 Å². The normalized spacial score (nSPS) is 13.8. The molecule has 0 aliphatic carbocycles. The number of urea groups is 1. The van der Waals surface area contributed by atoms with E-state index in [1.165, 1.54) is 0 Å². The first-order chi connectivity index (χ1) is 7.94. The average molecular weight is 234 g/mol. The molecule has 1 aromatic carbocycles. The molecule has 0 bridgehead atoms. The molecule has 0 aromatic heterocycles. The van der Waals surface area contributed by atoms with Crippen LogP contribution in [-0.4, -0.2) is 18.2 Å². The minimum atomic E-state index is -0.232. The van der Waals surface area contributed by atoms with E-state index in [1.54, 1.807) is 0 Å². The molecule has 2 rings (SSSR count). The number of anilines is 1. The van der Waals surface area contributed by atoms with Gasteiger partial charge in [0.25, 0.3) is 0 Å². The van der Waals surface area contributed by atoms with E-state index in [9.17, 15) is 4.79 Å². The number of nitrogens with one attached hydrogen (secondary N) is 2. The monoisotopic (exact) mass is 234 g/mol. The molecule has 1 aliphatic rings. The van der Waals surface area contributed by atoms with Gasteiger partial charge in [-0.1, -0.05) is 0 Å². The van der Waals surface area contributed by atoms with Crippen LogP contribution in [-0.2, 0) is 6.42 Å². The molecule has 2 amide bonds. The zero-order valence-electron chi connectivity index (χ0n) is 10.5. The highest BCUT2D eigenvalue weighted by molar-refractivity contribution is 5.89. The maximum absolute atomic E-state index is 11.7. The van der Waals surface area contributed by atoms with Gasteiger partial charge in [-0.15, -0.1) is 0 Å². The topological polar surface area (TPSA) is 50.4 Å². The van der Waals surface area contributed by atoms with Crippen LogP contribution in [0.1, 0.15) is 26.3 Å². The fourth-order valence-corrected chi connectivity index (χ4v) is 1.77. The Bertz CT molecular complexity index is 436. The summed E-state index contributed by atoms with van der Waals surface area (Å²) in [7, 11) is 0. The maximum atomic E-state index is 11.7. The van der Waals surface area contributed by atoms with Crippen molar-refractivity contribution < 1.29 is 9.53 Å². The Balaban J connectivity index is 2.02. The summed E-state index contributed by atoms with van der Waals surface area (Å²) in [4.78, 5) is 11.7. The number of carbonyl (C=O) groups is 1. The lowest BCUT2D eigenvalue weighted by Crippen LogP contribution is -2.43. The number of ether oxygens (including phenoxy) is 1. The molecule has 0 saturated heterocycles. The molecule has 2 N–H and O–H groups in total. The Labute approximate surface area is 101 Å². The minimum absolute atomic E-state index is 0.184. The Hall–Kier alpha value is -1.71. The summed E-state index contributed by atoms with van der Waals surface area (Å²) >= 11 is 0. The van der Waals surface area contributed by atoms with Gasteiger partial charge in [-0.25, -0.2) is 4.79 Å². The van der Waals surface area contributed by atoms with Crippen LogP contribution in [0.5, 0.6) is 5.75 Å². The first-order valence-electron chi connectivity index (χ1n) is 5.79. The molecule has 0 radical (unpaired) electrons. The third kappa shape index (κ3) is 3.12. The van der Waals surface area contributed by atoms with Gasteiger partial charge >= 0.3 is 6.03 Å². The highest BCUT2D eigenvalue weighted by Gasteiger charge is 2.15. The Morgan fingerprint density at radius 2 is 2.12 bits per heavy atom. The number of benzene rings is 1. The van der Waals surface area contributed by atoms with E-state index >= 15 is 0 Å². The Kier molecular flexibility index (Phi) is 2.96. The predicted molar refractivity (Wildman–Crippen MR) is 67.5 cm³/mol. The molecular weight excluding hydrogens is 216 g/mol. The Morgan fingerprint density at radius 1 is 1.35 bits per heavy atom. The molecular formula is C13H18N2O2. The van der Waals surface area contributed by atoms with Crippen molar-refractivity contribution in [2.24, 2.45) is 0 Å². The van der Waals surface area contributed by atoms with Gasteiger partial charge in [0.2, 0.25) is 0 Å². The van der Waals surface area contributed by atoms with E-state index < -0.39 is 0 Å². The van der Waals surface area contributed by atoms with Gasteiger partial charge in [0.15, 0.2) is 0 Å². The highest BCUT2D eigenvalue weighted by atomic mass is 16.5. The number of hydrogen-bond donors (Lipinski definition) is 2. The van der Waals surface area contributed by atoms with E-state index in [4.69, 9.17) is 4.74 Å². The number of hydrogen-bond acceptors (Lipinski definition) is 2. The van der Waals surface area contributed by atoms with Crippen LogP contribution in [0.3, 0.4) is 0 Å². The van der Waals surface area contributed by atoms with Crippen molar-refractivity contribution in [1.29, 1.82) is 0 Å². The van der Waals surface area contributed by atoms with Crippen LogP contribution in [0.15, 0.2) is 18.2 Å². The molecule has 1 aliphatic heterocycles. The summed E-state index contributed by atoms with van der Waals surface area (Å²) in [5, 5.41) is 5.68. The minimum Gasteiger partial charge on any atom is -0.493 e. The quantitative estimate of drug-likeness (QED) is 0.784. The van der Waals surface area contributed by atoms with Crippen LogP contribution in [0, 0.1) is 0 Å². The van der Waals surface area contributed by atoms with Gasteiger partial charge in [-0.3, -0.25) is 0 Å². The molecule has 1 heterocycles. The fraction of sp³-hybridized carbons (Fsp3) is 0.462. The van der Waals surface area contributed by atoms with Crippen molar-refractivity contribution in [2.75, 3.05) is 11.9 Å². The molecule has 0 atom stereocenters. The zero-order chi connectivity index (χ0) is 12.5. The predicted octanol–water partition coefficient (Wildman–Crippen LogP) is 2.54. The van der Waals surface area contributed by atoms with E-state index in [0.717, 1.165) is 30.0 Å². The smallest absolute Gasteiger partial charge is 0.319 e. The largest absolute Gasteiger partial charge is 0.493 e. The van der Waals surface area contributed by atoms with Crippen LogP contribution in [0.4, 0.5) is 10.5 Å². The third-order valence-electron chi connectivity index (χ3n) is 2.44. The van der Waals surface area contributed by atoms with Crippen molar-refractivity contribution >= 4 is 11.7 Å². The summed E-state index contributed by atoms with van der Waals surface area (Å²) in [6.07, 6.45) is 0.908. The molecule has 0 spiro atoms. The fourth-order valence-electron chi connectivity index (χ4n) is 1.77. The van der Waals surface area contributed by atoms with Crippen molar-refractivity contribution in [3.05, 3.63) is 23.8 Å². The number of carbonyl (C=O) groups excluding carboxylic acids is 1. The van der Waals surface area contributed by atoms with Gasteiger partial charge < -0.3 is 15.4 Å². The molecule has 1 aromatic rings. The number of amides is 2. The van der Waals surface area contributed by atoms with Crippen LogP contribution < -0.4 is 15.4 Å². The Morgan fingerprint density at radius 3 is 2.82 bits per heavy atom. The second-order valence-corrected chi connectivity index (χ2v) is 5.25. The summed E-state index contributed by atoms with van der Waals surface area (Å²) < 4.78 is 5.41. The van der Waals surface area contributed by atoms with E-state index in [1.807, 2.05) is 39.0 Å². The van der Waals surface area contributed by atoms with Crippen LogP contribution in [0.2, 0.25) is 0 Å². The maximum Gasteiger partial charge on any atom is 0.319 e. The van der Waals surface area contributed by atoms with Gasteiger partial charge in [0.1, 0.15) is 5.75 Å². The third-order valence-corrected chi connectivity index (χ3v) is 2.44. The lowest BCUT2D eigenvalue weighted by Gasteiger charge is -2.20. The van der Waals surface area contributed by atoms with E-state index in [-0.39, 0.29) is 11.6 Å². The number of rotatable bonds is 1. The SMILES string of the molecule is CC(C)(C)NC(=O)Nc1ccc2c(c1)CCO2. The molecule has 4 heteroatoms. The number of fused-ring (bicyclic) bond motifs is 1. The second kappa shape index (κ2) is 4.28. The summed E-state index contributed by atoms with van der Waals surface area (Å²) in [5.74, 6) is 0.923. The van der Waals surface area contributed by atoms with E-state index in [2.05, 4.69) is 10.6 Å². The summed E-state index contributed by atoms with van der Waals surface area (Å²) in [5.41, 5.74) is 1.72. The van der Waals surface area contributed by atoms with Crippen LogP contribution >= 0.6 is 0 Å². The standard InChI is InChI=1S/C13H18N2O2/c1-13(2,3)15-12(16)14-10-4-5-11-9(8-10)6-7-17-11/h4-5,8H,6-7H2,1-3H3,(H2,14,15,16). The summed E-state index contributed by atoms with van der Waals surface area (Å²) in [6.45, 7) is 6.57. The molecule has 4 nitrogen and oxygen atoms in total. The van der Waals surface area contributed by atoms with Crippen molar-refractivity contribution in [1.82, 2.24) is 5.32 Å². The zero-order valence-corrected chi connectivity index (χ0v) is 10.5. The lowest BCUT2D eigenvalue weighted by molar-refractivity contribution is 0.244. The first kappa shape index (κ1) is 11.8.